The van der Waals surface area contributed by atoms with Gasteiger partial charge in [-0.2, -0.15) is 0 Å². The number of carbonyl (C=O) groups excluding carboxylic acids is 1. The highest BCUT2D eigenvalue weighted by Crippen LogP contribution is 2.58. The van der Waals surface area contributed by atoms with Crippen molar-refractivity contribution in [2.24, 2.45) is 17.3 Å². The zero-order chi connectivity index (χ0) is 15.9. The topological polar surface area (TPSA) is 66.4 Å². The molecule has 0 radical (unpaired) electrons. The molecule has 1 saturated carbocycles. The van der Waals surface area contributed by atoms with Gasteiger partial charge in [-0.15, -0.1) is 0 Å². The number of hydrogen-bond donors (Lipinski definition) is 2. The van der Waals surface area contributed by atoms with E-state index in [0.717, 1.165) is 5.56 Å². The molecule has 0 bridgehead atoms. The smallest absolute Gasteiger partial charge is 0.307 e. The summed E-state index contributed by atoms with van der Waals surface area (Å²) in [6, 6.07) is 3.38. The van der Waals surface area contributed by atoms with E-state index < -0.39 is 23.2 Å². The van der Waals surface area contributed by atoms with Gasteiger partial charge >= 0.3 is 5.97 Å². The Labute approximate surface area is 123 Å². The highest BCUT2D eigenvalue weighted by molar-refractivity contribution is 5.91. The van der Waals surface area contributed by atoms with Gasteiger partial charge in [0.1, 0.15) is 5.82 Å². The predicted molar refractivity (Wildman–Crippen MR) is 76.1 cm³/mol. The quantitative estimate of drug-likeness (QED) is 0.896. The minimum atomic E-state index is -0.936. The molecule has 0 aromatic heterocycles. The number of benzene rings is 1. The first-order chi connectivity index (χ1) is 9.66. The molecule has 5 heteroatoms. The lowest BCUT2D eigenvalue weighted by Crippen LogP contribution is -2.27. The van der Waals surface area contributed by atoms with E-state index in [1.165, 1.54) is 0 Å². The van der Waals surface area contributed by atoms with E-state index in [2.05, 4.69) is 5.32 Å². The Bertz CT molecular complexity index is 587. The Hall–Kier alpha value is -1.91. The lowest BCUT2D eigenvalue weighted by molar-refractivity contribution is -0.140. The first-order valence-corrected chi connectivity index (χ1v) is 6.92. The lowest BCUT2D eigenvalue weighted by atomic mass is 10.1. The van der Waals surface area contributed by atoms with Crippen molar-refractivity contribution in [3.63, 3.8) is 0 Å². The molecule has 1 amide bonds. The lowest BCUT2D eigenvalue weighted by Gasteiger charge is -2.09. The Morgan fingerprint density at radius 3 is 2.19 bits per heavy atom. The van der Waals surface area contributed by atoms with Crippen LogP contribution in [0.25, 0.3) is 0 Å². The summed E-state index contributed by atoms with van der Waals surface area (Å²) >= 11 is 0. The highest BCUT2D eigenvalue weighted by atomic mass is 19.1. The molecular formula is C16H20FNO3. The van der Waals surface area contributed by atoms with E-state index in [0.29, 0.717) is 11.1 Å². The van der Waals surface area contributed by atoms with Crippen LogP contribution in [-0.4, -0.2) is 17.0 Å². The second kappa shape index (κ2) is 5.13. The SMILES string of the molecule is Cc1cc(CNC(=O)[C@H]2[C@@H](C(=O)O)C2(C)C)cc(C)c1F. The maximum absolute atomic E-state index is 13.5. The molecule has 1 fully saturated rings. The van der Waals surface area contributed by atoms with E-state index >= 15 is 0 Å². The van der Waals surface area contributed by atoms with Gasteiger partial charge in [0.05, 0.1) is 11.8 Å². The Kier molecular flexibility index (Phi) is 3.78. The summed E-state index contributed by atoms with van der Waals surface area (Å²) in [5.41, 5.74) is 1.37. The minimum Gasteiger partial charge on any atom is -0.481 e. The molecule has 1 aliphatic rings. The summed E-state index contributed by atoms with van der Waals surface area (Å²) in [6.45, 7) is 7.19. The third-order valence-corrected chi connectivity index (χ3v) is 4.34. The fourth-order valence-corrected chi connectivity index (χ4v) is 3.02. The molecule has 2 N–H and O–H groups in total. The summed E-state index contributed by atoms with van der Waals surface area (Å²) in [4.78, 5) is 23.2. The first-order valence-electron chi connectivity index (χ1n) is 6.92. The molecule has 2 atom stereocenters. The van der Waals surface area contributed by atoms with E-state index in [-0.39, 0.29) is 18.3 Å². The predicted octanol–water partition coefficient (Wildman–Crippen LogP) is 2.42. The number of nitrogens with one attached hydrogen (secondary N) is 1. The van der Waals surface area contributed by atoms with Crippen LogP contribution in [-0.2, 0) is 16.1 Å². The van der Waals surface area contributed by atoms with Crippen molar-refractivity contribution in [3.05, 3.63) is 34.6 Å². The number of halogens is 1. The zero-order valence-corrected chi connectivity index (χ0v) is 12.7. The molecule has 1 aromatic carbocycles. The third kappa shape index (κ3) is 2.77. The van der Waals surface area contributed by atoms with Crippen molar-refractivity contribution in [2.45, 2.75) is 34.2 Å². The van der Waals surface area contributed by atoms with Gasteiger partial charge in [0, 0.05) is 6.54 Å². The second-order valence-electron chi connectivity index (χ2n) is 6.38. The molecule has 1 aromatic rings. The van der Waals surface area contributed by atoms with Crippen molar-refractivity contribution >= 4 is 11.9 Å². The number of aryl methyl sites for hydroxylation is 2. The van der Waals surface area contributed by atoms with Crippen LogP contribution in [0.15, 0.2) is 12.1 Å². The van der Waals surface area contributed by atoms with Gasteiger partial charge in [-0.1, -0.05) is 26.0 Å². The minimum absolute atomic E-state index is 0.237. The molecule has 0 aliphatic heterocycles. The van der Waals surface area contributed by atoms with Crippen LogP contribution in [0.3, 0.4) is 0 Å². The third-order valence-electron chi connectivity index (χ3n) is 4.34. The molecule has 2 rings (SSSR count). The Balaban J connectivity index is 2.01. The van der Waals surface area contributed by atoms with Crippen molar-refractivity contribution in [1.29, 1.82) is 0 Å². The summed E-state index contributed by atoms with van der Waals surface area (Å²) in [5.74, 6) is -2.56. The molecule has 1 aliphatic carbocycles. The molecular weight excluding hydrogens is 273 g/mol. The van der Waals surface area contributed by atoms with Crippen LogP contribution >= 0.6 is 0 Å². The van der Waals surface area contributed by atoms with Gasteiger partial charge in [-0.05, 0) is 36.0 Å². The van der Waals surface area contributed by atoms with Crippen molar-refractivity contribution in [1.82, 2.24) is 5.32 Å². The van der Waals surface area contributed by atoms with Crippen molar-refractivity contribution in [2.75, 3.05) is 0 Å². The molecule has 4 nitrogen and oxygen atoms in total. The summed E-state index contributed by atoms with van der Waals surface area (Å²) < 4.78 is 13.5. The van der Waals surface area contributed by atoms with E-state index in [1.807, 2.05) is 0 Å². The van der Waals surface area contributed by atoms with Crippen LogP contribution in [0.2, 0.25) is 0 Å². The normalized spacial score (nSPS) is 22.7. The standard InChI is InChI=1S/C16H20FNO3/c1-8-5-10(6-9(2)13(8)17)7-18-14(19)11-12(15(20)21)16(11,3)4/h5-6,11-12H,7H2,1-4H3,(H,18,19)(H,20,21)/t11-,12+/m1/s1. The fourth-order valence-electron chi connectivity index (χ4n) is 3.02. The number of aliphatic carboxylic acids is 1. The van der Waals surface area contributed by atoms with Crippen LogP contribution in [0.4, 0.5) is 4.39 Å². The molecule has 0 saturated heterocycles. The summed E-state index contributed by atoms with van der Waals surface area (Å²) in [7, 11) is 0. The molecule has 0 heterocycles. The molecule has 0 unspecified atom stereocenters. The van der Waals surface area contributed by atoms with Crippen molar-refractivity contribution < 1.29 is 19.1 Å². The van der Waals surface area contributed by atoms with Gasteiger partial charge in [-0.3, -0.25) is 9.59 Å². The summed E-state index contributed by atoms with van der Waals surface area (Å²) in [5, 5.41) is 11.8. The largest absolute Gasteiger partial charge is 0.481 e. The van der Waals surface area contributed by atoms with Gasteiger partial charge in [0.15, 0.2) is 0 Å². The number of amides is 1. The molecule has 21 heavy (non-hydrogen) atoms. The Morgan fingerprint density at radius 2 is 1.76 bits per heavy atom. The summed E-state index contributed by atoms with van der Waals surface area (Å²) in [6.07, 6.45) is 0. The number of rotatable bonds is 4. The van der Waals surface area contributed by atoms with E-state index in [4.69, 9.17) is 5.11 Å². The molecule has 114 valence electrons. The average Bonchev–Trinajstić information content (AvgIpc) is 2.96. The van der Waals surface area contributed by atoms with Crippen molar-refractivity contribution in [3.8, 4) is 0 Å². The van der Waals surface area contributed by atoms with E-state index in [1.54, 1.807) is 39.8 Å². The number of hydrogen-bond acceptors (Lipinski definition) is 2. The Morgan fingerprint density at radius 1 is 1.24 bits per heavy atom. The monoisotopic (exact) mass is 293 g/mol. The maximum atomic E-state index is 13.5. The maximum Gasteiger partial charge on any atom is 0.307 e. The van der Waals surface area contributed by atoms with Gasteiger partial charge < -0.3 is 10.4 Å². The number of carboxylic acid groups (broad SMARTS) is 1. The number of carbonyl (C=O) groups is 2. The van der Waals surface area contributed by atoms with Gasteiger partial charge in [0.2, 0.25) is 5.91 Å². The average molecular weight is 293 g/mol. The fraction of sp³-hybridized carbons (Fsp3) is 0.500. The molecule has 0 spiro atoms. The first kappa shape index (κ1) is 15.5. The highest BCUT2D eigenvalue weighted by Gasteiger charge is 2.65. The van der Waals surface area contributed by atoms with Crippen LogP contribution in [0, 0.1) is 36.9 Å². The zero-order valence-electron chi connectivity index (χ0n) is 12.7. The van der Waals surface area contributed by atoms with E-state index in [9.17, 15) is 14.0 Å². The van der Waals surface area contributed by atoms with Gasteiger partial charge in [0.25, 0.3) is 0 Å². The second-order valence-corrected chi connectivity index (χ2v) is 6.38. The van der Waals surface area contributed by atoms with Gasteiger partial charge in [-0.25, -0.2) is 4.39 Å². The van der Waals surface area contributed by atoms with Crippen LogP contribution < -0.4 is 5.32 Å². The van der Waals surface area contributed by atoms with Crippen LogP contribution in [0.1, 0.15) is 30.5 Å². The van der Waals surface area contributed by atoms with Crippen LogP contribution in [0.5, 0.6) is 0 Å². The number of carboxylic acids is 1.